The van der Waals surface area contributed by atoms with Gasteiger partial charge in [0.15, 0.2) is 0 Å². The third kappa shape index (κ3) is 1.18. The third-order valence-corrected chi connectivity index (χ3v) is 2.80. The molecule has 2 nitrogen and oxygen atoms in total. The second-order valence-electron chi connectivity index (χ2n) is 3.30. The van der Waals surface area contributed by atoms with Crippen molar-refractivity contribution in [3.05, 3.63) is 0 Å². The lowest BCUT2D eigenvalue weighted by Gasteiger charge is -2.15. The van der Waals surface area contributed by atoms with Crippen LogP contribution in [0.1, 0.15) is 20.3 Å². The molecule has 1 aliphatic rings. The van der Waals surface area contributed by atoms with E-state index in [1.165, 1.54) is 0 Å². The number of aliphatic hydroxyl groups is 1. The highest BCUT2D eigenvalue weighted by Gasteiger charge is 2.36. The molecule has 10 heavy (non-hydrogen) atoms. The van der Waals surface area contributed by atoms with Crippen LogP contribution in [0.25, 0.3) is 0 Å². The zero-order valence-electron chi connectivity index (χ0n) is 6.87. The van der Waals surface area contributed by atoms with Crippen molar-refractivity contribution in [3.63, 3.8) is 0 Å². The lowest BCUT2D eigenvalue weighted by atomic mass is 9.98. The van der Waals surface area contributed by atoms with E-state index in [1.807, 2.05) is 0 Å². The molecule has 0 heterocycles. The summed E-state index contributed by atoms with van der Waals surface area (Å²) in [5.74, 6) is 0.893. The van der Waals surface area contributed by atoms with Crippen LogP contribution in [0, 0.1) is 11.8 Å². The summed E-state index contributed by atoms with van der Waals surface area (Å²) >= 11 is 0. The molecule has 0 amide bonds. The highest BCUT2D eigenvalue weighted by molar-refractivity contribution is 4.86. The van der Waals surface area contributed by atoms with Gasteiger partial charge in [0.2, 0.25) is 0 Å². The van der Waals surface area contributed by atoms with Gasteiger partial charge in [-0.1, -0.05) is 13.8 Å². The Morgan fingerprint density at radius 2 is 1.90 bits per heavy atom. The molecule has 0 spiro atoms. The van der Waals surface area contributed by atoms with Crippen molar-refractivity contribution in [1.82, 2.24) is 0 Å². The van der Waals surface area contributed by atoms with Gasteiger partial charge in [0.05, 0.1) is 12.2 Å². The second kappa shape index (κ2) is 2.89. The second-order valence-corrected chi connectivity index (χ2v) is 3.30. The summed E-state index contributed by atoms with van der Waals surface area (Å²) in [5.41, 5.74) is 0. The number of hydrogen-bond donors (Lipinski definition) is 1. The van der Waals surface area contributed by atoms with Gasteiger partial charge in [-0.05, 0) is 11.8 Å². The SMILES string of the molecule is COC1C[C@H](O)C(C)[C@@H]1C. The first-order chi connectivity index (χ1) is 4.66. The molecule has 1 saturated carbocycles. The Morgan fingerprint density at radius 1 is 1.30 bits per heavy atom. The van der Waals surface area contributed by atoms with Gasteiger partial charge in [-0.15, -0.1) is 0 Å². The lowest BCUT2D eigenvalue weighted by molar-refractivity contribution is 0.0677. The molecular weight excluding hydrogens is 128 g/mol. The first kappa shape index (κ1) is 8.02. The first-order valence-electron chi connectivity index (χ1n) is 3.87. The van der Waals surface area contributed by atoms with Crippen LogP contribution in [-0.4, -0.2) is 24.4 Å². The average molecular weight is 144 g/mol. The highest BCUT2D eigenvalue weighted by atomic mass is 16.5. The zero-order valence-corrected chi connectivity index (χ0v) is 6.87. The number of aliphatic hydroxyl groups excluding tert-OH is 1. The van der Waals surface area contributed by atoms with E-state index in [4.69, 9.17) is 4.74 Å². The summed E-state index contributed by atoms with van der Waals surface area (Å²) in [6, 6.07) is 0. The molecule has 0 aliphatic heterocycles. The van der Waals surface area contributed by atoms with E-state index in [0.717, 1.165) is 6.42 Å². The molecule has 1 aliphatic carbocycles. The maximum atomic E-state index is 9.39. The van der Waals surface area contributed by atoms with Crippen LogP contribution in [0.15, 0.2) is 0 Å². The van der Waals surface area contributed by atoms with Gasteiger partial charge < -0.3 is 9.84 Å². The van der Waals surface area contributed by atoms with Gasteiger partial charge in [-0.3, -0.25) is 0 Å². The van der Waals surface area contributed by atoms with Crippen molar-refractivity contribution < 1.29 is 9.84 Å². The summed E-state index contributed by atoms with van der Waals surface area (Å²) < 4.78 is 5.20. The smallest absolute Gasteiger partial charge is 0.0625 e. The predicted octanol–water partition coefficient (Wildman–Crippen LogP) is 1.04. The molecule has 1 rings (SSSR count). The molecule has 2 heteroatoms. The molecule has 1 N–H and O–H groups in total. The van der Waals surface area contributed by atoms with Gasteiger partial charge >= 0.3 is 0 Å². The molecule has 0 aromatic heterocycles. The van der Waals surface area contributed by atoms with Crippen molar-refractivity contribution in [2.45, 2.75) is 32.5 Å². The minimum atomic E-state index is -0.153. The van der Waals surface area contributed by atoms with Crippen molar-refractivity contribution >= 4 is 0 Å². The highest BCUT2D eigenvalue weighted by Crippen LogP contribution is 2.33. The molecule has 1 fully saturated rings. The minimum absolute atomic E-state index is 0.153. The van der Waals surface area contributed by atoms with E-state index in [9.17, 15) is 5.11 Å². The third-order valence-electron chi connectivity index (χ3n) is 2.80. The van der Waals surface area contributed by atoms with Crippen LogP contribution in [0.4, 0.5) is 0 Å². The normalized spacial score (nSPS) is 48.0. The molecule has 0 bridgehead atoms. The lowest BCUT2D eigenvalue weighted by Crippen LogP contribution is -2.16. The molecule has 0 saturated heterocycles. The standard InChI is InChI=1S/C8H16O2/c1-5-6(2)8(10-3)4-7(5)9/h5-9H,4H2,1-3H3/t5?,6-,7-,8?/m0/s1. The van der Waals surface area contributed by atoms with Crippen molar-refractivity contribution in [2.24, 2.45) is 11.8 Å². The van der Waals surface area contributed by atoms with Crippen LogP contribution in [-0.2, 0) is 4.74 Å². The first-order valence-corrected chi connectivity index (χ1v) is 3.87. The summed E-state index contributed by atoms with van der Waals surface area (Å²) in [6.07, 6.45) is 0.920. The largest absolute Gasteiger partial charge is 0.393 e. The Morgan fingerprint density at radius 3 is 2.10 bits per heavy atom. The molecule has 0 aromatic rings. The molecule has 60 valence electrons. The molecule has 4 atom stereocenters. The number of rotatable bonds is 1. The zero-order chi connectivity index (χ0) is 7.72. The van der Waals surface area contributed by atoms with Gasteiger partial charge in [0.1, 0.15) is 0 Å². The summed E-state index contributed by atoms with van der Waals surface area (Å²) in [4.78, 5) is 0. The van der Waals surface area contributed by atoms with Gasteiger partial charge in [-0.2, -0.15) is 0 Å². The average Bonchev–Trinajstić information content (AvgIpc) is 2.17. The van der Waals surface area contributed by atoms with Crippen molar-refractivity contribution in [1.29, 1.82) is 0 Å². The number of methoxy groups -OCH3 is 1. The van der Waals surface area contributed by atoms with Crippen LogP contribution in [0.2, 0.25) is 0 Å². The van der Waals surface area contributed by atoms with Crippen molar-refractivity contribution in [3.8, 4) is 0 Å². The maximum absolute atomic E-state index is 9.39. The molecule has 0 aromatic carbocycles. The quantitative estimate of drug-likeness (QED) is 0.595. The fraction of sp³-hybridized carbons (Fsp3) is 1.00. The Kier molecular flexibility index (Phi) is 2.32. The van der Waals surface area contributed by atoms with E-state index in [1.54, 1.807) is 7.11 Å². The minimum Gasteiger partial charge on any atom is -0.393 e. The van der Waals surface area contributed by atoms with E-state index in [2.05, 4.69) is 13.8 Å². The summed E-state index contributed by atoms with van der Waals surface area (Å²) in [5, 5.41) is 9.39. The Balaban J connectivity index is 2.53. The number of hydrogen-bond acceptors (Lipinski definition) is 2. The fourth-order valence-electron chi connectivity index (χ4n) is 1.67. The fourth-order valence-corrected chi connectivity index (χ4v) is 1.67. The van der Waals surface area contributed by atoms with Gasteiger partial charge in [0, 0.05) is 13.5 Å². The molecular formula is C8H16O2. The molecule has 2 unspecified atom stereocenters. The van der Waals surface area contributed by atoms with Crippen LogP contribution < -0.4 is 0 Å². The molecule has 0 radical (unpaired) electrons. The topological polar surface area (TPSA) is 29.5 Å². The van der Waals surface area contributed by atoms with Crippen molar-refractivity contribution in [2.75, 3.05) is 7.11 Å². The van der Waals surface area contributed by atoms with Crippen LogP contribution in [0.3, 0.4) is 0 Å². The summed E-state index contributed by atoms with van der Waals surface area (Å²) in [7, 11) is 1.71. The maximum Gasteiger partial charge on any atom is 0.0625 e. The monoisotopic (exact) mass is 144 g/mol. The number of ether oxygens (including phenoxy) is 1. The van der Waals surface area contributed by atoms with E-state index < -0.39 is 0 Å². The van der Waals surface area contributed by atoms with E-state index in [-0.39, 0.29) is 12.2 Å². The Labute approximate surface area is 62.2 Å². The van der Waals surface area contributed by atoms with Gasteiger partial charge in [-0.25, -0.2) is 0 Å². The van der Waals surface area contributed by atoms with Gasteiger partial charge in [0.25, 0.3) is 0 Å². The Hall–Kier alpha value is -0.0800. The Bertz CT molecular complexity index is 114. The van der Waals surface area contributed by atoms with Crippen LogP contribution >= 0.6 is 0 Å². The van der Waals surface area contributed by atoms with E-state index >= 15 is 0 Å². The van der Waals surface area contributed by atoms with E-state index in [0.29, 0.717) is 11.8 Å². The van der Waals surface area contributed by atoms with Crippen LogP contribution in [0.5, 0.6) is 0 Å². The predicted molar refractivity (Wildman–Crippen MR) is 39.7 cm³/mol. The summed E-state index contributed by atoms with van der Waals surface area (Å²) in [6.45, 7) is 4.21.